The van der Waals surface area contributed by atoms with E-state index in [0.29, 0.717) is 0 Å². The van der Waals surface area contributed by atoms with E-state index in [-0.39, 0.29) is 17.0 Å². The molecule has 0 bridgehead atoms. The molecule has 4 heteroatoms. The van der Waals surface area contributed by atoms with Gasteiger partial charge in [0, 0.05) is 17.0 Å². The molecule has 0 fully saturated rings. The summed E-state index contributed by atoms with van der Waals surface area (Å²) in [7, 11) is 0. The molecule has 0 atom stereocenters. The number of nitrogens with zero attached hydrogens (tertiary/aromatic N) is 1. The minimum atomic E-state index is 0. The molecule has 0 amide bonds. The number of hydrogen-bond acceptors (Lipinski definition) is 1. The van der Waals surface area contributed by atoms with E-state index in [0.717, 1.165) is 11.9 Å². The third-order valence-corrected chi connectivity index (χ3v) is 4.85. The summed E-state index contributed by atoms with van der Waals surface area (Å²) in [5.41, 5.74) is 7.51. The molecule has 0 saturated carbocycles. The van der Waals surface area contributed by atoms with Gasteiger partial charge < -0.3 is 17.0 Å². The quantitative estimate of drug-likeness (QED) is 0.452. The fourth-order valence-corrected chi connectivity index (χ4v) is 3.55. The topological polar surface area (TPSA) is 3.88 Å². The Hall–Kier alpha value is -0.710. The molecule has 0 aliphatic carbocycles. The second kappa shape index (κ2) is 6.83. The summed E-state index contributed by atoms with van der Waals surface area (Å²) in [6.07, 6.45) is 0. The second-order valence-corrected chi connectivity index (χ2v) is 6.22. The molecule has 0 saturated heterocycles. The lowest BCUT2D eigenvalue weighted by molar-refractivity contribution is -0.658. The number of rotatable bonds is 3. The molecule has 0 unspecified atom stereocenters. The van der Waals surface area contributed by atoms with Crippen LogP contribution in [0.3, 0.4) is 0 Å². The lowest BCUT2D eigenvalue weighted by Crippen LogP contribution is -3.00. The normalized spacial score (nSPS) is 10.5. The molecule has 0 N–H and O–H groups in total. The molecule has 3 aromatic rings. The van der Waals surface area contributed by atoms with Crippen LogP contribution in [-0.4, -0.2) is 0 Å². The van der Waals surface area contributed by atoms with E-state index < -0.39 is 0 Å². The van der Waals surface area contributed by atoms with Gasteiger partial charge in [-0.3, -0.25) is 0 Å². The largest absolute Gasteiger partial charge is 1.00 e. The first-order valence-electron chi connectivity index (χ1n) is 6.27. The van der Waals surface area contributed by atoms with Crippen LogP contribution in [0.2, 0.25) is 0 Å². The molecule has 3 rings (SSSR count). The molecule has 20 heavy (non-hydrogen) atoms. The van der Waals surface area contributed by atoms with Gasteiger partial charge >= 0.3 is 0 Å². The number of hydrogen-bond donors (Lipinski definition) is 0. The van der Waals surface area contributed by atoms with Gasteiger partial charge in [-0.2, -0.15) is 4.57 Å². The second-order valence-electron chi connectivity index (χ2n) is 4.77. The first-order chi connectivity index (χ1) is 9.26. The van der Waals surface area contributed by atoms with Gasteiger partial charge in [0.1, 0.15) is 4.70 Å². The van der Waals surface area contributed by atoms with Gasteiger partial charge in [0.15, 0.2) is 6.54 Å². The highest BCUT2D eigenvalue weighted by Crippen LogP contribution is 2.18. The maximum Gasteiger partial charge on any atom is 0.226 e. The number of fused-ring (bicyclic) bond motifs is 1. The first-order valence-corrected chi connectivity index (χ1v) is 8.27. The maximum atomic E-state index is 3.48. The Balaban J connectivity index is 0.00000147. The van der Waals surface area contributed by atoms with Crippen molar-refractivity contribution in [2.45, 2.75) is 18.8 Å². The molecule has 0 radical (unpaired) electrons. The summed E-state index contributed by atoms with van der Waals surface area (Å²) in [4.78, 5) is 0. The van der Waals surface area contributed by atoms with Crippen molar-refractivity contribution in [3.05, 3.63) is 64.7 Å². The summed E-state index contributed by atoms with van der Waals surface area (Å²) in [6, 6.07) is 15.4. The predicted molar refractivity (Wildman–Crippen MR) is 84.9 cm³/mol. The first kappa shape index (κ1) is 15.7. The van der Waals surface area contributed by atoms with Crippen LogP contribution in [0, 0.1) is 6.92 Å². The SMILES string of the molecule is Cc1ccc2c(c1)sc[n+]2Cc1ccc(CBr)cc1.[Br-]. The van der Waals surface area contributed by atoms with Crippen LogP contribution < -0.4 is 21.5 Å². The number of aromatic nitrogens is 1. The van der Waals surface area contributed by atoms with E-state index in [9.17, 15) is 0 Å². The average Bonchev–Trinajstić information content (AvgIpc) is 2.82. The lowest BCUT2D eigenvalue weighted by atomic mass is 10.1. The van der Waals surface area contributed by atoms with Crippen LogP contribution in [0.15, 0.2) is 48.0 Å². The van der Waals surface area contributed by atoms with Crippen LogP contribution >= 0.6 is 27.3 Å². The Kier molecular flexibility index (Phi) is 5.35. The van der Waals surface area contributed by atoms with Crippen molar-refractivity contribution in [2.24, 2.45) is 0 Å². The fourth-order valence-electron chi connectivity index (χ4n) is 2.18. The zero-order chi connectivity index (χ0) is 13.2. The van der Waals surface area contributed by atoms with Crippen molar-refractivity contribution in [1.29, 1.82) is 0 Å². The van der Waals surface area contributed by atoms with Crippen molar-refractivity contribution in [3.8, 4) is 0 Å². The van der Waals surface area contributed by atoms with Crippen LogP contribution in [0.4, 0.5) is 0 Å². The summed E-state index contributed by atoms with van der Waals surface area (Å²) >= 11 is 5.29. The van der Waals surface area contributed by atoms with Crippen molar-refractivity contribution < 1.29 is 21.5 Å². The number of alkyl halides is 1. The van der Waals surface area contributed by atoms with E-state index >= 15 is 0 Å². The predicted octanol–water partition coefficient (Wildman–Crippen LogP) is 1.44. The van der Waals surface area contributed by atoms with Gasteiger partial charge in [-0.05, 0) is 24.1 Å². The van der Waals surface area contributed by atoms with Crippen molar-refractivity contribution in [2.75, 3.05) is 0 Å². The van der Waals surface area contributed by atoms with E-state index in [2.05, 4.69) is 75.4 Å². The summed E-state index contributed by atoms with van der Waals surface area (Å²) in [5, 5.41) is 0.918. The smallest absolute Gasteiger partial charge is 0.226 e. The summed E-state index contributed by atoms with van der Waals surface area (Å²) in [5.74, 6) is 0. The molecular formula is C16H15Br2NS. The third kappa shape index (κ3) is 3.30. The number of halogens is 2. The lowest BCUT2D eigenvalue weighted by Gasteiger charge is -1.99. The highest BCUT2D eigenvalue weighted by atomic mass is 79.9. The Bertz CT molecular complexity index is 704. The van der Waals surface area contributed by atoms with Crippen LogP contribution in [-0.2, 0) is 11.9 Å². The minimum Gasteiger partial charge on any atom is -1.00 e. The third-order valence-electron chi connectivity index (χ3n) is 3.26. The van der Waals surface area contributed by atoms with Crippen LogP contribution in [0.1, 0.15) is 16.7 Å². The monoisotopic (exact) mass is 411 g/mol. The zero-order valence-electron chi connectivity index (χ0n) is 11.1. The molecule has 0 aliphatic rings. The van der Waals surface area contributed by atoms with E-state index in [1.54, 1.807) is 0 Å². The number of benzene rings is 2. The highest BCUT2D eigenvalue weighted by molar-refractivity contribution is 9.08. The molecule has 0 aliphatic heterocycles. The Morgan fingerprint density at radius 3 is 2.45 bits per heavy atom. The molecule has 1 nitrogen and oxygen atoms in total. The number of aryl methyl sites for hydroxylation is 1. The number of thiazole rings is 1. The zero-order valence-corrected chi connectivity index (χ0v) is 15.1. The highest BCUT2D eigenvalue weighted by Gasteiger charge is 2.12. The molecular weight excluding hydrogens is 398 g/mol. The van der Waals surface area contributed by atoms with Gasteiger partial charge in [0.05, 0.1) is 0 Å². The molecule has 1 aromatic heterocycles. The van der Waals surface area contributed by atoms with E-state index in [1.165, 1.54) is 26.9 Å². The van der Waals surface area contributed by atoms with Gasteiger partial charge in [-0.25, -0.2) is 0 Å². The van der Waals surface area contributed by atoms with Crippen molar-refractivity contribution in [3.63, 3.8) is 0 Å². The standard InChI is InChI=1S/C16H15BrNS.BrH/c1-12-2-7-15-16(8-12)19-11-18(15)10-14-5-3-13(9-17)4-6-14;/h2-8,11H,9-10H2,1H3;1H/q+1;/p-1. The average molecular weight is 413 g/mol. The van der Waals surface area contributed by atoms with Gasteiger partial charge in [-0.15, -0.1) is 0 Å². The summed E-state index contributed by atoms with van der Waals surface area (Å²) < 4.78 is 3.68. The minimum absolute atomic E-state index is 0. The summed E-state index contributed by atoms with van der Waals surface area (Å²) in [6.45, 7) is 3.08. The molecule has 0 spiro atoms. The fraction of sp³-hybridized carbons (Fsp3) is 0.188. The van der Waals surface area contributed by atoms with Gasteiger partial charge in [0.25, 0.3) is 0 Å². The Morgan fingerprint density at radius 2 is 1.75 bits per heavy atom. The Labute approximate surface area is 142 Å². The molecule has 104 valence electrons. The van der Waals surface area contributed by atoms with Crippen molar-refractivity contribution >= 4 is 37.5 Å². The van der Waals surface area contributed by atoms with Gasteiger partial charge in [0.2, 0.25) is 11.0 Å². The molecule has 1 heterocycles. The van der Waals surface area contributed by atoms with Crippen LogP contribution in [0.25, 0.3) is 10.2 Å². The Morgan fingerprint density at radius 1 is 1.05 bits per heavy atom. The van der Waals surface area contributed by atoms with E-state index in [4.69, 9.17) is 0 Å². The molecule has 2 aromatic carbocycles. The van der Waals surface area contributed by atoms with E-state index in [1.807, 2.05) is 11.3 Å². The van der Waals surface area contributed by atoms with Gasteiger partial charge in [-0.1, -0.05) is 57.6 Å². The van der Waals surface area contributed by atoms with Crippen LogP contribution in [0.5, 0.6) is 0 Å². The van der Waals surface area contributed by atoms with Crippen molar-refractivity contribution in [1.82, 2.24) is 0 Å². The maximum absolute atomic E-state index is 3.48.